The minimum Gasteiger partial charge on any atom is -0.471 e. The van der Waals surface area contributed by atoms with Crippen LogP contribution in [0.25, 0.3) is 11.0 Å². The summed E-state index contributed by atoms with van der Waals surface area (Å²) in [6.45, 7) is 5.22. The van der Waals surface area contributed by atoms with Gasteiger partial charge in [0.15, 0.2) is 17.3 Å². The molecule has 6 rings (SSSR count). The molecule has 2 bridgehead atoms. The fourth-order valence-corrected chi connectivity index (χ4v) is 7.28. The fourth-order valence-electron chi connectivity index (χ4n) is 7.28. The van der Waals surface area contributed by atoms with E-state index >= 15 is 8.78 Å². The maximum atomic E-state index is 15.8. The highest BCUT2D eigenvalue weighted by atomic mass is 19.3. The van der Waals surface area contributed by atoms with Crippen molar-refractivity contribution in [2.45, 2.75) is 83.5 Å². The molecule has 0 unspecified atom stereocenters. The van der Waals surface area contributed by atoms with Gasteiger partial charge in [-0.15, -0.1) is 0 Å². The van der Waals surface area contributed by atoms with Crippen LogP contribution in [-0.4, -0.2) is 64.6 Å². The lowest BCUT2D eigenvalue weighted by molar-refractivity contribution is -0.160. The number of carbonyl (C=O) groups excluding carboxylic acids is 3. The molecule has 13 heteroatoms. The topological polar surface area (TPSA) is 108 Å². The Morgan fingerprint density at radius 3 is 2.39 bits per heavy atom. The van der Waals surface area contributed by atoms with Crippen molar-refractivity contribution in [1.29, 1.82) is 0 Å². The molecule has 0 radical (unpaired) electrons. The summed E-state index contributed by atoms with van der Waals surface area (Å²) in [5.41, 5.74) is -2.13. The highest BCUT2D eigenvalue weighted by Gasteiger charge is 2.55. The van der Waals surface area contributed by atoms with Gasteiger partial charge in [-0.1, -0.05) is 26.8 Å². The van der Waals surface area contributed by atoms with E-state index in [0.717, 1.165) is 19.6 Å². The zero-order valence-electron chi connectivity index (χ0n) is 26.1. The monoisotopic (exact) mass is 647 g/mol. The summed E-state index contributed by atoms with van der Waals surface area (Å²) in [6, 6.07) is 0.284. The first-order chi connectivity index (χ1) is 21.7. The van der Waals surface area contributed by atoms with Gasteiger partial charge in [0.25, 0.3) is 0 Å². The number of hydrogen-bond acceptors (Lipinski definition) is 8. The predicted octanol–water partition coefficient (Wildman–Crippen LogP) is 5.49. The Bertz CT molecular complexity index is 1590. The SMILES string of the molecule is COC(=O)[C@@H]1C[C@@H]2CN1C(=O)[C@H](C(C)(C)C)CC(=O)O[C@@H]1C[C@@H]3C[C@@H]3[C@H]1CC/C=C/C(F)(F)c1nc3cc(F)c(F)cc3nc1O2. The Kier molecular flexibility index (Phi) is 8.25. The van der Waals surface area contributed by atoms with E-state index in [4.69, 9.17) is 14.2 Å². The molecule has 1 aromatic heterocycles. The number of rotatable bonds is 1. The molecule has 1 saturated heterocycles. The van der Waals surface area contributed by atoms with Crippen molar-refractivity contribution in [1.82, 2.24) is 14.9 Å². The number of esters is 2. The average Bonchev–Trinajstić information content (AvgIpc) is 3.47. The van der Waals surface area contributed by atoms with Gasteiger partial charge < -0.3 is 19.1 Å². The van der Waals surface area contributed by atoms with Crippen LogP contribution in [0.5, 0.6) is 5.88 Å². The molecule has 2 aliphatic heterocycles. The standard InChI is InChI=1S/C33H37F4N3O6/c1-32(2,3)20-12-27(41)46-26-10-16-9-19(16)18(26)7-5-6-8-33(36,37)28-29(39-24-14-22(35)21(34)13-23(24)38-28)45-17-11-25(31(43)44-4)40(15-17)30(20)42/h6,8,13-14,16-20,25-26H,5,7,9-12,15H2,1-4H3/b8-6+/t16-,17+,18+,19-,20+,25-,26+/m0/s1. The van der Waals surface area contributed by atoms with E-state index in [1.165, 1.54) is 11.0 Å². The lowest BCUT2D eigenvalue weighted by Crippen LogP contribution is -2.48. The smallest absolute Gasteiger partial charge is 0.328 e. The van der Waals surface area contributed by atoms with Crippen LogP contribution < -0.4 is 4.74 Å². The number of alkyl halides is 2. The van der Waals surface area contributed by atoms with E-state index < -0.39 is 70.5 Å². The van der Waals surface area contributed by atoms with Crippen molar-refractivity contribution < 1.29 is 46.2 Å². The Labute approximate surface area is 263 Å². The van der Waals surface area contributed by atoms with Crippen LogP contribution in [0.15, 0.2) is 24.3 Å². The van der Waals surface area contributed by atoms with Crippen LogP contribution >= 0.6 is 0 Å². The van der Waals surface area contributed by atoms with Crippen molar-refractivity contribution in [2.24, 2.45) is 29.1 Å². The van der Waals surface area contributed by atoms with E-state index in [2.05, 4.69) is 9.97 Å². The lowest BCUT2D eigenvalue weighted by atomic mass is 9.77. The van der Waals surface area contributed by atoms with E-state index in [0.29, 0.717) is 36.8 Å². The Morgan fingerprint density at radius 2 is 1.72 bits per heavy atom. The number of nitrogens with zero attached hydrogens (tertiary/aromatic N) is 3. The normalized spacial score (nSPS) is 31.9. The number of hydrogen-bond donors (Lipinski definition) is 0. The van der Waals surface area contributed by atoms with Gasteiger partial charge in [0.2, 0.25) is 11.8 Å². The average molecular weight is 648 g/mol. The molecule has 2 saturated carbocycles. The number of carbonyl (C=O) groups is 3. The van der Waals surface area contributed by atoms with Gasteiger partial charge in [-0.2, -0.15) is 8.78 Å². The molecule has 4 aliphatic rings. The van der Waals surface area contributed by atoms with Crippen LogP contribution in [-0.2, 0) is 29.8 Å². The molecule has 0 spiro atoms. The predicted molar refractivity (Wildman–Crippen MR) is 155 cm³/mol. The lowest BCUT2D eigenvalue weighted by Gasteiger charge is -2.34. The first kappa shape index (κ1) is 32.2. The molecule has 2 aromatic rings. The molecule has 0 N–H and O–H groups in total. The van der Waals surface area contributed by atoms with E-state index in [1.54, 1.807) is 0 Å². The number of allylic oxidation sites excluding steroid dienone is 2. The zero-order chi connectivity index (χ0) is 33.1. The van der Waals surface area contributed by atoms with Crippen LogP contribution in [0.4, 0.5) is 17.6 Å². The highest BCUT2D eigenvalue weighted by molar-refractivity contribution is 5.89. The number of methoxy groups -OCH3 is 1. The van der Waals surface area contributed by atoms with Crippen molar-refractivity contribution in [3.8, 4) is 5.88 Å². The van der Waals surface area contributed by atoms with E-state index in [-0.39, 0.29) is 48.9 Å². The van der Waals surface area contributed by atoms with Gasteiger partial charge in [0, 0.05) is 18.6 Å². The maximum absolute atomic E-state index is 15.8. The second-order valence-corrected chi connectivity index (χ2v) is 14.0. The van der Waals surface area contributed by atoms with Gasteiger partial charge in [-0.05, 0) is 54.9 Å². The maximum Gasteiger partial charge on any atom is 0.328 e. The molecule has 1 aromatic carbocycles. The molecule has 46 heavy (non-hydrogen) atoms. The van der Waals surface area contributed by atoms with Crippen LogP contribution in [0.3, 0.4) is 0 Å². The second kappa shape index (κ2) is 11.8. The quantitative estimate of drug-likeness (QED) is 0.227. The van der Waals surface area contributed by atoms with E-state index in [9.17, 15) is 23.2 Å². The van der Waals surface area contributed by atoms with Gasteiger partial charge in [-0.3, -0.25) is 9.59 Å². The number of aromatic nitrogens is 2. The molecule has 1 amide bonds. The van der Waals surface area contributed by atoms with Crippen LogP contribution in [0.1, 0.15) is 65.0 Å². The van der Waals surface area contributed by atoms with Crippen molar-refractivity contribution >= 4 is 28.9 Å². The summed E-state index contributed by atoms with van der Waals surface area (Å²) >= 11 is 0. The molecule has 3 heterocycles. The fraction of sp³-hybridized carbons (Fsp3) is 0.606. The number of amides is 1. The Hall–Kier alpha value is -3.77. The summed E-state index contributed by atoms with van der Waals surface area (Å²) in [4.78, 5) is 49.6. The first-order valence-electron chi connectivity index (χ1n) is 15.6. The van der Waals surface area contributed by atoms with Gasteiger partial charge in [0.1, 0.15) is 18.2 Å². The van der Waals surface area contributed by atoms with Crippen LogP contribution in [0.2, 0.25) is 0 Å². The molecular weight excluding hydrogens is 610 g/mol. The second-order valence-electron chi connectivity index (χ2n) is 14.0. The minimum absolute atomic E-state index is 0.00448. The Balaban J connectivity index is 1.42. The summed E-state index contributed by atoms with van der Waals surface area (Å²) in [6.07, 6.45) is 2.75. The molecule has 248 valence electrons. The van der Waals surface area contributed by atoms with Crippen LogP contribution in [0, 0.1) is 40.7 Å². The number of fused-ring (bicyclic) bond motifs is 7. The van der Waals surface area contributed by atoms with Gasteiger partial charge >= 0.3 is 17.9 Å². The van der Waals surface area contributed by atoms with Crippen molar-refractivity contribution in [3.05, 3.63) is 41.6 Å². The Morgan fingerprint density at radius 1 is 1.02 bits per heavy atom. The van der Waals surface area contributed by atoms with Crippen molar-refractivity contribution in [3.63, 3.8) is 0 Å². The minimum atomic E-state index is -3.73. The van der Waals surface area contributed by atoms with E-state index in [1.807, 2.05) is 20.8 Å². The summed E-state index contributed by atoms with van der Waals surface area (Å²) in [5.74, 6) is -8.77. The first-order valence-corrected chi connectivity index (χ1v) is 15.6. The molecular formula is C33H37F4N3O6. The molecule has 2 aliphatic carbocycles. The number of ether oxygens (including phenoxy) is 3. The third-order valence-corrected chi connectivity index (χ3v) is 9.82. The third-order valence-electron chi connectivity index (χ3n) is 9.82. The van der Waals surface area contributed by atoms with Gasteiger partial charge in [-0.25, -0.2) is 23.5 Å². The molecule has 3 fully saturated rings. The summed E-state index contributed by atoms with van der Waals surface area (Å²) in [5, 5.41) is 0. The van der Waals surface area contributed by atoms with Gasteiger partial charge in [0.05, 0.1) is 37.0 Å². The largest absolute Gasteiger partial charge is 0.471 e. The number of benzene rings is 1. The highest BCUT2D eigenvalue weighted by Crippen LogP contribution is 2.58. The molecule has 7 atom stereocenters. The zero-order valence-corrected chi connectivity index (χ0v) is 26.1. The molecule has 9 nitrogen and oxygen atoms in total. The summed E-state index contributed by atoms with van der Waals surface area (Å²) < 4.78 is 76.7. The van der Waals surface area contributed by atoms with Crippen molar-refractivity contribution in [2.75, 3.05) is 13.7 Å². The third kappa shape index (κ3) is 6.16. The number of halogens is 4. The summed E-state index contributed by atoms with van der Waals surface area (Å²) in [7, 11) is 1.16.